The van der Waals surface area contributed by atoms with Gasteiger partial charge in [0.15, 0.2) is 11.5 Å². The third-order valence-corrected chi connectivity index (χ3v) is 18.6. The highest BCUT2D eigenvalue weighted by Crippen LogP contribution is 2.61. The van der Waals surface area contributed by atoms with Crippen LogP contribution in [0.15, 0.2) is 235 Å². The summed E-state index contributed by atoms with van der Waals surface area (Å²) >= 11 is 0. The minimum Gasteiger partial charge on any atom is -0.456 e. The first-order valence-corrected chi connectivity index (χ1v) is 30.9. The van der Waals surface area contributed by atoms with Crippen LogP contribution in [0.3, 0.4) is 0 Å². The van der Waals surface area contributed by atoms with Crippen molar-refractivity contribution in [3.63, 3.8) is 0 Å². The Hall–Kier alpha value is -9.18. The summed E-state index contributed by atoms with van der Waals surface area (Å²) in [7, 11) is 0. The van der Waals surface area contributed by atoms with Crippen molar-refractivity contribution in [1.29, 1.82) is 0 Å². The second kappa shape index (κ2) is 20.5. The van der Waals surface area contributed by atoms with E-state index in [0.717, 1.165) is 83.5 Å². The predicted molar refractivity (Wildman–Crippen MR) is 365 cm³/mol. The number of fused-ring (bicyclic) bond motifs is 8. The van der Waals surface area contributed by atoms with Gasteiger partial charge in [0.1, 0.15) is 11.2 Å². The Balaban J connectivity index is 1.02. The van der Waals surface area contributed by atoms with Gasteiger partial charge in [0.25, 0.3) is 0 Å². The molecule has 1 aromatic heterocycles. The summed E-state index contributed by atoms with van der Waals surface area (Å²) in [4.78, 5) is 0. The van der Waals surface area contributed by atoms with Crippen molar-refractivity contribution in [3.8, 4) is 89.4 Å². The largest absolute Gasteiger partial charge is 0.456 e. The highest BCUT2D eigenvalue weighted by atomic mass is 16.7. The molecule has 12 aromatic rings. The predicted octanol–water partition coefficient (Wildman–Crippen LogP) is 22.9. The molecule has 1 aliphatic heterocycles. The molecule has 3 nitrogen and oxygen atoms in total. The van der Waals surface area contributed by atoms with Crippen LogP contribution < -0.4 is 9.47 Å². The Labute approximate surface area is 514 Å². The highest BCUT2D eigenvalue weighted by Gasteiger charge is 2.49. The molecule has 0 amide bonds. The summed E-state index contributed by atoms with van der Waals surface area (Å²) in [6.07, 6.45) is 0. The molecule has 3 heteroatoms. The Bertz CT molecular complexity index is 4280. The standard InChI is InChI=1S/C84H76O3/c1-80(2,3)64-31-23-52(24-32-64)58-41-59(53-25-33-65(34-26-53)81(4,5)6)44-62(43-58)56-17-15-19-68(47-56)84(72-39-40-75-79(70-21-13-14-22-74(70)87-75)78(72)71-49-76-77(50-73(71)84)86-51-85-76)69-20-16-18-57(48-69)63-45-60(54-27-35-66(36-28-54)82(7,8)9)42-61(46-63)55-29-37-67(38-30-55)83(10,11)12/h13-50H,51H2,1-12H3. The van der Waals surface area contributed by atoms with Crippen molar-refractivity contribution < 1.29 is 13.9 Å². The van der Waals surface area contributed by atoms with E-state index in [0.29, 0.717) is 0 Å². The third-order valence-electron chi connectivity index (χ3n) is 18.6. The van der Waals surface area contributed by atoms with E-state index in [-0.39, 0.29) is 28.5 Å². The van der Waals surface area contributed by atoms with E-state index in [1.807, 2.05) is 0 Å². The van der Waals surface area contributed by atoms with Crippen LogP contribution in [0.25, 0.3) is 99.8 Å². The Kier molecular flexibility index (Phi) is 13.1. The zero-order chi connectivity index (χ0) is 60.4. The molecule has 0 bridgehead atoms. The molecule has 0 saturated carbocycles. The third kappa shape index (κ3) is 9.86. The maximum absolute atomic E-state index is 6.75. The van der Waals surface area contributed by atoms with Gasteiger partial charge in [-0.2, -0.15) is 0 Å². The fraction of sp³-hybridized carbons (Fsp3) is 0.214. The normalized spacial score (nSPS) is 13.7. The van der Waals surface area contributed by atoms with Crippen LogP contribution in [0, 0.1) is 0 Å². The number of hydrogen-bond donors (Lipinski definition) is 0. The van der Waals surface area contributed by atoms with Crippen molar-refractivity contribution in [3.05, 3.63) is 275 Å². The SMILES string of the molecule is CC(C)(C)c1ccc(-c2cc(-c3ccc(C(C)(C)C)cc3)cc(-c3cccc(C4(c5cccc(-c6cc(-c7ccc(C(C)(C)C)cc7)cc(-c7ccc(C(C)(C)C)cc7)c6)c5)c5cc6c(cc5-c5c4ccc4oc7ccccc7c54)OCO6)c3)c2)cc1. The number of rotatable bonds is 8. The van der Waals surface area contributed by atoms with Crippen molar-refractivity contribution in [1.82, 2.24) is 0 Å². The van der Waals surface area contributed by atoms with E-state index in [4.69, 9.17) is 13.9 Å². The lowest BCUT2D eigenvalue weighted by atomic mass is 9.66. The molecule has 0 spiro atoms. The number of para-hydroxylation sites is 1. The Morgan fingerprint density at radius 1 is 0.299 bits per heavy atom. The van der Waals surface area contributed by atoms with Crippen LogP contribution in [0.5, 0.6) is 11.5 Å². The topological polar surface area (TPSA) is 31.6 Å². The lowest BCUT2D eigenvalue weighted by Crippen LogP contribution is -2.28. The van der Waals surface area contributed by atoms with Gasteiger partial charge in [-0.05, 0) is 217 Å². The van der Waals surface area contributed by atoms with Gasteiger partial charge in [0, 0.05) is 10.8 Å². The zero-order valence-electron chi connectivity index (χ0n) is 52.4. The van der Waals surface area contributed by atoms with Crippen LogP contribution in [0.4, 0.5) is 0 Å². The summed E-state index contributed by atoms with van der Waals surface area (Å²) < 4.78 is 19.4. The smallest absolute Gasteiger partial charge is 0.231 e. The Morgan fingerprint density at radius 3 is 1.08 bits per heavy atom. The molecule has 11 aromatic carbocycles. The van der Waals surface area contributed by atoms with E-state index >= 15 is 0 Å². The maximum atomic E-state index is 6.75. The first kappa shape index (κ1) is 55.7. The van der Waals surface area contributed by atoms with Crippen molar-refractivity contribution in [2.75, 3.05) is 6.79 Å². The van der Waals surface area contributed by atoms with Gasteiger partial charge >= 0.3 is 0 Å². The average molecular weight is 1130 g/mol. The molecular weight excluding hydrogens is 1060 g/mol. The van der Waals surface area contributed by atoms with Gasteiger partial charge in [-0.3, -0.25) is 0 Å². The van der Waals surface area contributed by atoms with Crippen LogP contribution in [0.1, 0.15) is 128 Å². The van der Waals surface area contributed by atoms with E-state index in [9.17, 15) is 0 Å². The molecule has 0 fully saturated rings. The van der Waals surface area contributed by atoms with Crippen LogP contribution in [-0.2, 0) is 27.1 Å². The zero-order valence-corrected chi connectivity index (χ0v) is 52.4. The number of furan rings is 1. The van der Waals surface area contributed by atoms with Gasteiger partial charge in [0.2, 0.25) is 6.79 Å². The molecule has 87 heavy (non-hydrogen) atoms. The molecule has 0 N–H and O–H groups in total. The van der Waals surface area contributed by atoms with E-state index in [2.05, 4.69) is 314 Å². The molecule has 0 unspecified atom stereocenters. The summed E-state index contributed by atoms with van der Waals surface area (Å²) in [5.74, 6) is 1.49. The van der Waals surface area contributed by atoms with Crippen molar-refractivity contribution in [2.24, 2.45) is 0 Å². The average Bonchev–Trinajstić information content (AvgIpc) is 1.53. The molecule has 430 valence electrons. The fourth-order valence-corrected chi connectivity index (χ4v) is 13.6. The van der Waals surface area contributed by atoms with Crippen molar-refractivity contribution >= 4 is 21.9 Å². The number of ether oxygens (including phenoxy) is 2. The summed E-state index contributed by atoms with van der Waals surface area (Å²) in [6, 6.07) is 87.2. The van der Waals surface area contributed by atoms with Gasteiger partial charge in [0.05, 0.1) is 5.41 Å². The minimum atomic E-state index is -0.859. The Morgan fingerprint density at radius 2 is 0.678 bits per heavy atom. The molecular formula is C84H76O3. The van der Waals surface area contributed by atoms with Crippen LogP contribution in [0.2, 0.25) is 0 Å². The summed E-state index contributed by atoms with van der Waals surface area (Å²) in [5, 5.41) is 2.18. The van der Waals surface area contributed by atoms with Crippen molar-refractivity contribution in [2.45, 2.75) is 110 Å². The second-order valence-corrected chi connectivity index (χ2v) is 28.5. The van der Waals surface area contributed by atoms with Gasteiger partial charge in [-0.1, -0.05) is 241 Å². The van der Waals surface area contributed by atoms with Crippen LogP contribution >= 0.6 is 0 Å². The molecule has 2 heterocycles. The van der Waals surface area contributed by atoms with E-state index < -0.39 is 5.41 Å². The minimum absolute atomic E-state index is 0.0360. The molecule has 1 aliphatic carbocycles. The lowest BCUT2D eigenvalue weighted by Gasteiger charge is -2.34. The van der Waals surface area contributed by atoms with E-state index in [1.165, 1.54) is 72.3 Å². The number of benzene rings is 11. The number of hydrogen-bond acceptors (Lipinski definition) is 3. The quantitative estimate of drug-likeness (QED) is 0.152. The van der Waals surface area contributed by atoms with Gasteiger partial charge in [-0.15, -0.1) is 0 Å². The molecule has 14 rings (SSSR count). The monoisotopic (exact) mass is 1130 g/mol. The molecule has 2 aliphatic rings. The first-order valence-electron chi connectivity index (χ1n) is 30.9. The molecule has 0 saturated heterocycles. The highest BCUT2D eigenvalue weighted by molar-refractivity contribution is 6.16. The second-order valence-electron chi connectivity index (χ2n) is 28.5. The molecule has 0 radical (unpaired) electrons. The first-order chi connectivity index (χ1) is 41.6. The summed E-state index contributed by atoms with van der Waals surface area (Å²) in [5.41, 5.74) is 27.1. The van der Waals surface area contributed by atoms with Crippen LogP contribution in [-0.4, -0.2) is 6.79 Å². The molecule has 0 atom stereocenters. The van der Waals surface area contributed by atoms with Gasteiger partial charge < -0.3 is 13.9 Å². The van der Waals surface area contributed by atoms with E-state index in [1.54, 1.807) is 0 Å². The summed E-state index contributed by atoms with van der Waals surface area (Å²) in [6.45, 7) is 27.5. The maximum Gasteiger partial charge on any atom is 0.231 e. The lowest BCUT2D eigenvalue weighted by molar-refractivity contribution is 0.174. The fourth-order valence-electron chi connectivity index (χ4n) is 13.6. The van der Waals surface area contributed by atoms with Gasteiger partial charge in [-0.25, -0.2) is 0 Å².